The molecular weight excluding hydrogens is 357 g/mol. The van der Waals surface area contributed by atoms with E-state index < -0.39 is 0 Å². The van der Waals surface area contributed by atoms with Crippen LogP contribution in [0.5, 0.6) is 5.75 Å². The van der Waals surface area contributed by atoms with Crippen LogP contribution in [0.1, 0.15) is 19.7 Å². The Kier molecular flexibility index (Phi) is 5.59. The van der Waals surface area contributed by atoms with Crippen molar-refractivity contribution in [2.75, 3.05) is 19.7 Å². The Balaban J connectivity index is 1.50. The van der Waals surface area contributed by atoms with Crippen LogP contribution in [0.4, 0.5) is 4.39 Å². The Bertz CT molecular complexity index is 915. The Morgan fingerprint density at radius 1 is 1.07 bits per heavy atom. The number of para-hydroxylation sites is 2. The largest absolute Gasteiger partial charge is 0.492 e. The molecule has 4 rings (SSSR count). The maximum atomic E-state index is 13.1. The third-order valence-corrected chi connectivity index (χ3v) is 4.99. The molecule has 148 valence electrons. The molecule has 0 radical (unpaired) electrons. The zero-order chi connectivity index (χ0) is 19.5. The van der Waals surface area contributed by atoms with Crippen molar-refractivity contribution >= 4 is 11.0 Å². The second-order valence-electron chi connectivity index (χ2n) is 7.42. The third kappa shape index (κ3) is 4.34. The molecule has 0 N–H and O–H groups in total. The van der Waals surface area contributed by atoms with Crippen LogP contribution in [-0.2, 0) is 17.8 Å². The molecular formula is C22H26FN3O2. The molecule has 0 saturated carbocycles. The van der Waals surface area contributed by atoms with Gasteiger partial charge in [0, 0.05) is 13.1 Å². The topological polar surface area (TPSA) is 39.5 Å². The van der Waals surface area contributed by atoms with Crippen LogP contribution >= 0.6 is 0 Å². The van der Waals surface area contributed by atoms with Crippen molar-refractivity contribution in [2.24, 2.45) is 0 Å². The number of aromatic nitrogens is 2. The lowest BCUT2D eigenvalue weighted by atomic mass is 10.2. The van der Waals surface area contributed by atoms with E-state index in [4.69, 9.17) is 14.5 Å². The molecule has 5 nitrogen and oxygen atoms in total. The number of fused-ring (bicyclic) bond motifs is 1. The van der Waals surface area contributed by atoms with Crippen molar-refractivity contribution in [1.29, 1.82) is 0 Å². The van der Waals surface area contributed by atoms with Gasteiger partial charge in [-0.1, -0.05) is 12.1 Å². The minimum absolute atomic E-state index is 0.225. The van der Waals surface area contributed by atoms with E-state index in [9.17, 15) is 4.39 Å². The first-order valence-corrected chi connectivity index (χ1v) is 9.79. The lowest BCUT2D eigenvalue weighted by Gasteiger charge is -2.35. The highest BCUT2D eigenvalue weighted by molar-refractivity contribution is 5.75. The SMILES string of the molecule is CC1CN(Cc2nc3ccccc3n2CCOc2ccc(F)cc2)CC(C)O1. The van der Waals surface area contributed by atoms with Gasteiger partial charge >= 0.3 is 0 Å². The van der Waals surface area contributed by atoms with Gasteiger partial charge in [0.1, 0.15) is 24.0 Å². The predicted molar refractivity (Wildman–Crippen MR) is 107 cm³/mol. The molecule has 0 bridgehead atoms. The summed E-state index contributed by atoms with van der Waals surface area (Å²) in [5, 5.41) is 0. The fraction of sp³-hybridized carbons (Fsp3) is 0.409. The van der Waals surface area contributed by atoms with Crippen LogP contribution in [-0.4, -0.2) is 46.4 Å². The van der Waals surface area contributed by atoms with Crippen LogP contribution in [0.15, 0.2) is 48.5 Å². The first kappa shape index (κ1) is 18.9. The van der Waals surface area contributed by atoms with Gasteiger partial charge in [-0.3, -0.25) is 4.90 Å². The number of benzene rings is 2. The van der Waals surface area contributed by atoms with Crippen LogP contribution in [0.2, 0.25) is 0 Å². The molecule has 3 aromatic rings. The minimum Gasteiger partial charge on any atom is -0.492 e. The van der Waals surface area contributed by atoms with Gasteiger partial charge in [-0.2, -0.15) is 0 Å². The van der Waals surface area contributed by atoms with Crippen molar-refractivity contribution in [3.63, 3.8) is 0 Å². The van der Waals surface area contributed by atoms with E-state index in [1.165, 1.54) is 12.1 Å². The van der Waals surface area contributed by atoms with Crippen molar-refractivity contribution in [1.82, 2.24) is 14.5 Å². The fourth-order valence-corrected chi connectivity index (χ4v) is 3.89. The van der Waals surface area contributed by atoms with E-state index in [1.54, 1.807) is 12.1 Å². The van der Waals surface area contributed by atoms with Gasteiger partial charge in [0.2, 0.25) is 0 Å². The van der Waals surface area contributed by atoms with Gasteiger partial charge in [0.15, 0.2) is 0 Å². The van der Waals surface area contributed by atoms with Gasteiger partial charge in [0.25, 0.3) is 0 Å². The molecule has 0 amide bonds. The number of imidazole rings is 1. The third-order valence-electron chi connectivity index (χ3n) is 4.99. The molecule has 28 heavy (non-hydrogen) atoms. The molecule has 0 aliphatic carbocycles. The van der Waals surface area contributed by atoms with Gasteiger partial charge in [-0.05, 0) is 50.2 Å². The van der Waals surface area contributed by atoms with E-state index >= 15 is 0 Å². The summed E-state index contributed by atoms with van der Waals surface area (Å²) in [5.74, 6) is 1.44. The molecule has 1 aliphatic rings. The lowest BCUT2D eigenvalue weighted by Crippen LogP contribution is -2.45. The van der Waals surface area contributed by atoms with E-state index in [0.717, 1.165) is 36.5 Å². The van der Waals surface area contributed by atoms with Crippen molar-refractivity contribution < 1.29 is 13.9 Å². The molecule has 0 spiro atoms. The van der Waals surface area contributed by atoms with E-state index in [0.29, 0.717) is 18.9 Å². The highest BCUT2D eigenvalue weighted by Crippen LogP contribution is 2.20. The van der Waals surface area contributed by atoms with E-state index in [-0.39, 0.29) is 18.0 Å². The maximum Gasteiger partial charge on any atom is 0.124 e. The normalized spacial score (nSPS) is 20.5. The fourth-order valence-electron chi connectivity index (χ4n) is 3.89. The molecule has 2 aromatic carbocycles. The van der Waals surface area contributed by atoms with Crippen LogP contribution in [0.3, 0.4) is 0 Å². The van der Waals surface area contributed by atoms with E-state index in [1.807, 2.05) is 18.2 Å². The summed E-state index contributed by atoms with van der Waals surface area (Å²) in [5.41, 5.74) is 2.10. The van der Waals surface area contributed by atoms with Crippen molar-refractivity contribution in [3.8, 4) is 5.75 Å². The summed E-state index contributed by atoms with van der Waals surface area (Å²) in [6, 6.07) is 14.3. The molecule has 1 aliphatic heterocycles. The number of ether oxygens (including phenoxy) is 2. The zero-order valence-electron chi connectivity index (χ0n) is 16.3. The average Bonchev–Trinajstić information content (AvgIpc) is 3.00. The Morgan fingerprint density at radius 2 is 1.79 bits per heavy atom. The molecule has 6 heteroatoms. The quantitative estimate of drug-likeness (QED) is 0.648. The molecule has 1 aromatic heterocycles. The van der Waals surface area contributed by atoms with Crippen molar-refractivity contribution in [2.45, 2.75) is 39.1 Å². The first-order valence-electron chi connectivity index (χ1n) is 9.79. The average molecular weight is 383 g/mol. The number of morpholine rings is 1. The van der Waals surface area contributed by atoms with Crippen LogP contribution in [0, 0.1) is 5.82 Å². The van der Waals surface area contributed by atoms with Crippen LogP contribution in [0.25, 0.3) is 11.0 Å². The number of rotatable bonds is 6. The zero-order valence-corrected chi connectivity index (χ0v) is 16.3. The molecule has 1 fully saturated rings. The maximum absolute atomic E-state index is 13.1. The minimum atomic E-state index is -0.260. The smallest absolute Gasteiger partial charge is 0.124 e. The van der Waals surface area contributed by atoms with Crippen molar-refractivity contribution in [3.05, 3.63) is 60.2 Å². The summed E-state index contributed by atoms with van der Waals surface area (Å²) < 4.78 is 26.9. The first-order chi connectivity index (χ1) is 13.6. The highest BCUT2D eigenvalue weighted by atomic mass is 19.1. The van der Waals surface area contributed by atoms with Gasteiger partial charge < -0.3 is 14.0 Å². The molecule has 2 atom stereocenters. The summed E-state index contributed by atoms with van der Waals surface area (Å²) in [6.07, 6.45) is 0.451. The summed E-state index contributed by atoms with van der Waals surface area (Å²) >= 11 is 0. The van der Waals surface area contributed by atoms with Crippen LogP contribution < -0.4 is 4.74 Å². The summed E-state index contributed by atoms with van der Waals surface area (Å²) in [4.78, 5) is 7.27. The highest BCUT2D eigenvalue weighted by Gasteiger charge is 2.24. The summed E-state index contributed by atoms with van der Waals surface area (Å²) in [7, 11) is 0. The Hall–Kier alpha value is -2.44. The number of nitrogens with zero attached hydrogens (tertiary/aromatic N) is 3. The second kappa shape index (κ2) is 8.29. The summed E-state index contributed by atoms with van der Waals surface area (Å²) in [6.45, 7) is 7.99. The van der Waals surface area contributed by atoms with Gasteiger partial charge in [-0.25, -0.2) is 9.37 Å². The van der Waals surface area contributed by atoms with Gasteiger partial charge in [0.05, 0.1) is 36.3 Å². The number of hydrogen-bond acceptors (Lipinski definition) is 4. The lowest BCUT2D eigenvalue weighted by molar-refractivity contribution is -0.0712. The standard InChI is InChI=1S/C22H26FN3O2/c1-16-13-25(14-17(2)28-16)15-22-24-20-5-3-4-6-21(20)26(22)11-12-27-19-9-7-18(23)8-10-19/h3-10,16-17H,11-15H2,1-2H3. The Labute approximate surface area is 164 Å². The molecule has 2 heterocycles. The van der Waals surface area contributed by atoms with Gasteiger partial charge in [-0.15, -0.1) is 0 Å². The Morgan fingerprint density at radius 3 is 2.54 bits per heavy atom. The number of halogens is 1. The van der Waals surface area contributed by atoms with E-state index in [2.05, 4.69) is 29.4 Å². The monoisotopic (exact) mass is 383 g/mol. The molecule has 1 saturated heterocycles. The second-order valence-corrected chi connectivity index (χ2v) is 7.42. The molecule has 2 unspecified atom stereocenters. The predicted octanol–water partition coefficient (Wildman–Crippen LogP) is 3.86. The number of hydrogen-bond donors (Lipinski definition) is 0.